The Hall–Kier alpha value is -1.10. The highest BCUT2D eigenvalue weighted by atomic mass is 16.2. The van der Waals surface area contributed by atoms with Gasteiger partial charge in [0.2, 0.25) is 11.8 Å². The fraction of sp³-hybridized carbons (Fsp3) is 0.857. The zero-order chi connectivity index (χ0) is 13.7. The molecule has 2 heterocycles. The number of hydrogen-bond donors (Lipinski definition) is 3. The van der Waals surface area contributed by atoms with Crippen LogP contribution in [0.25, 0.3) is 0 Å². The highest BCUT2D eigenvalue weighted by molar-refractivity contribution is 5.88. The Morgan fingerprint density at radius 1 is 1.37 bits per heavy atom. The molecule has 2 rings (SSSR count). The number of carbonyl (C=O) groups excluding carboxylic acids is 2. The first-order valence-corrected chi connectivity index (χ1v) is 7.44. The molecule has 0 saturated carbocycles. The zero-order valence-electron chi connectivity index (χ0n) is 11.7. The third-order valence-electron chi connectivity index (χ3n) is 4.27. The highest BCUT2D eigenvalue weighted by Gasteiger charge is 2.26. The summed E-state index contributed by atoms with van der Waals surface area (Å²) in [4.78, 5) is 23.6. The third kappa shape index (κ3) is 4.20. The first kappa shape index (κ1) is 14.3. The lowest BCUT2D eigenvalue weighted by molar-refractivity contribution is -0.130. The fourth-order valence-electron chi connectivity index (χ4n) is 2.99. The summed E-state index contributed by atoms with van der Waals surface area (Å²) in [6.45, 7) is 4.98. The van der Waals surface area contributed by atoms with E-state index in [0.29, 0.717) is 18.3 Å². The second kappa shape index (κ2) is 6.89. The minimum absolute atomic E-state index is 0.0140. The second-order valence-corrected chi connectivity index (χ2v) is 5.84. The van der Waals surface area contributed by atoms with Crippen molar-refractivity contribution in [1.29, 1.82) is 0 Å². The van der Waals surface area contributed by atoms with Gasteiger partial charge in [-0.15, -0.1) is 0 Å². The molecule has 19 heavy (non-hydrogen) atoms. The van der Waals surface area contributed by atoms with Crippen molar-refractivity contribution < 1.29 is 9.59 Å². The Bertz CT molecular complexity index is 327. The van der Waals surface area contributed by atoms with E-state index in [4.69, 9.17) is 0 Å². The van der Waals surface area contributed by atoms with Crippen LogP contribution in [-0.2, 0) is 9.59 Å². The summed E-state index contributed by atoms with van der Waals surface area (Å²) < 4.78 is 0. The summed E-state index contributed by atoms with van der Waals surface area (Å²) in [5.41, 5.74) is 0. The van der Waals surface area contributed by atoms with Gasteiger partial charge in [0.25, 0.3) is 0 Å². The van der Waals surface area contributed by atoms with E-state index in [2.05, 4.69) is 22.9 Å². The Balaban J connectivity index is 1.75. The third-order valence-corrected chi connectivity index (χ3v) is 4.27. The van der Waals surface area contributed by atoms with Crippen LogP contribution in [0.4, 0.5) is 0 Å². The van der Waals surface area contributed by atoms with E-state index in [-0.39, 0.29) is 17.9 Å². The van der Waals surface area contributed by atoms with Crippen molar-refractivity contribution in [3.8, 4) is 0 Å². The van der Waals surface area contributed by atoms with E-state index in [9.17, 15) is 9.59 Å². The number of amides is 2. The molecular formula is C14H25N3O2. The first-order valence-electron chi connectivity index (χ1n) is 7.44. The van der Waals surface area contributed by atoms with E-state index in [1.54, 1.807) is 0 Å². The molecule has 5 heteroatoms. The molecule has 2 saturated heterocycles. The predicted molar refractivity (Wildman–Crippen MR) is 73.5 cm³/mol. The first-order chi connectivity index (χ1) is 9.16. The van der Waals surface area contributed by atoms with Gasteiger partial charge in [-0.25, -0.2) is 0 Å². The van der Waals surface area contributed by atoms with Crippen molar-refractivity contribution in [2.24, 2.45) is 11.8 Å². The molecule has 2 fully saturated rings. The smallest absolute Gasteiger partial charge is 0.242 e. The monoisotopic (exact) mass is 267 g/mol. The Kier molecular flexibility index (Phi) is 5.19. The number of carbonyl (C=O) groups is 2. The second-order valence-electron chi connectivity index (χ2n) is 5.84. The molecule has 0 bridgehead atoms. The van der Waals surface area contributed by atoms with Gasteiger partial charge in [-0.1, -0.05) is 6.92 Å². The Labute approximate surface area is 114 Å². The van der Waals surface area contributed by atoms with Crippen LogP contribution in [0.2, 0.25) is 0 Å². The molecule has 0 aliphatic carbocycles. The summed E-state index contributed by atoms with van der Waals surface area (Å²) in [6, 6.07) is -0.321. The molecule has 0 aromatic carbocycles. The number of piperidine rings is 2. The summed E-state index contributed by atoms with van der Waals surface area (Å²) >= 11 is 0. The van der Waals surface area contributed by atoms with E-state index in [1.807, 2.05) is 0 Å². The summed E-state index contributed by atoms with van der Waals surface area (Å²) in [5, 5.41) is 9.04. The van der Waals surface area contributed by atoms with Gasteiger partial charge in [0.05, 0.1) is 0 Å². The summed E-state index contributed by atoms with van der Waals surface area (Å²) in [6.07, 6.45) is 4.62. The van der Waals surface area contributed by atoms with Gasteiger partial charge < -0.3 is 16.0 Å². The average Bonchev–Trinajstić information content (AvgIpc) is 2.42. The summed E-state index contributed by atoms with van der Waals surface area (Å²) in [7, 11) is 0. The molecule has 0 aromatic heterocycles. The van der Waals surface area contributed by atoms with Crippen LogP contribution in [-0.4, -0.2) is 37.5 Å². The molecule has 2 aliphatic rings. The van der Waals surface area contributed by atoms with Gasteiger partial charge in [-0.05, 0) is 50.6 Å². The van der Waals surface area contributed by atoms with Crippen LogP contribution in [0.15, 0.2) is 0 Å². The van der Waals surface area contributed by atoms with E-state index in [0.717, 1.165) is 32.5 Å². The van der Waals surface area contributed by atoms with Gasteiger partial charge >= 0.3 is 0 Å². The Morgan fingerprint density at radius 3 is 2.84 bits per heavy atom. The van der Waals surface area contributed by atoms with Crippen LogP contribution >= 0.6 is 0 Å². The van der Waals surface area contributed by atoms with Crippen LogP contribution in [0, 0.1) is 11.8 Å². The van der Waals surface area contributed by atoms with Crippen molar-refractivity contribution in [2.75, 3.05) is 19.6 Å². The quantitative estimate of drug-likeness (QED) is 0.691. The van der Waals surface area contributed by atoms with Crippen LogP contribution in [0.3, 0.4) is 0 Å². The van der Waals surface area contributed by atoms with E-state index < -0.39 is 0 Å². The van der Waals surface area contributed by atoms with Crippen molar-refractivity contribution >= 4 is 11.8 Å². The van der Waals surface area contributed by atoms with Crippen molar-refractivity contribution in [3.05, 3.63) is 0 Å². The number of nitrogens with one attached hydrogen (secondary N) is 3. The molecule has 5 nitrogen and oxygen atoms in total. The Morgan fingerprint density at radius 2 is 2.16 bits per heavy atom. The van der Waals surface area contributed by atoms with Gasteiger partial charge in [0, 0.05) is 13.0 Å². The van der Waals surface area contributed by atoms with Gasteiger partial charge in [0.1, 0.15) is 6.04 Å². The fourth-order valence-corrected chi connectivity index (χ4v) is 2.99. The van der Waals surface area contributed by atoms with Crippen molar-refractivity contribution in [1.82, 2.24) is 16.0 Å². The predicted octanol–water partition coefficient (Wildman–Crippen LogP) is 0.407. The van der Waals surface area contributed by atoms with Gasteiger partial charge in [-0.3, -0.25) is 9.59 Å². The van der Waals surface area contributed by atoms with Crippen molar-refractivity contribution in [3.63, 3.8) is 0 Å². The average molecular weight is 267 g/mol. The standard InChI is InChI=1S/C14H25N3O2/c1-10(11-4-2-6-15-9-11)8-13(18)17-12-5-3-7-16-14(12)19/h10-12,15H,2-9H2,1H3,(H,16,19)(H,17,18). The van der Waals surface area contributed by atoms with E-state index in [1.165, 1.54) is 12.8 Å². The highest BCUT2D eigenvalue weighted by Crippen LogP contribution is 2.22. The molecule has 3 unspecified atom stereocenters. The number of hydrogen-bond acceptors (Lipinski definition) is 3. The minimum atomic E-state index is -0.321. The normalized spacial score (nSPS) is 29.4. The van der Waals surface area contributed by atoms with Crippen LogP contribution < -0.4 is 16.0 Å². The lowest BCUT2D eigenvalue weighted by atomic mass is 9.85. The minimum Gasteiger partial charge on any atom is -0.354 e. The van der Waals surface area contributed by atoms with Crippen LogP contribution in [0.5, 0.6) is 0 Å². The molecule has 3 atom stereocenters. The summed E-state index contributed by atoms with van der Waals surface area (Å²) in [5.74, 6) is 0.936. The molecule has 2 amide bonds. The molecule has 3 N–H and O–H groups in total. The van der Waals surface area contributed by atoms with Gasteiger partial charge in [0.15, 0.2) is 0 Å². The maximum absolute atomic E-state index is 12.0. The molecule has 0 spiro atoms. The topological polar surface area (TPSA) is 70.2 Å². The maximum atomic E-state index is 12.0. The molecule has 2 aliphatic heterocycles. The largest absolute Gasteiger partial charge is 0.354 e. The lowest BCUT2D eigenvalue weighted by Crippen LogP contribution is -2.50. The molecule has 0 radical (unpaired) electrons. The van der Waals surface area contributed by atoms with Gasteiger partial charge in [-0.2, -0.15) is 0 Å². The molecule has 0 aromatic rings. The maximum Gasteiger partial charge on any atom is 0.242 e. The van der Waals surface area contributed by atoms with E-state index >= 15 is 0 Å². The van der Waals surface area contributed by atoms with Crippen LogP contribution in [0.1, 0.15) is 39.0 Å². The zero-order valence-corrected chi connectivity index (χ0v) is 11.7. The molecule has 108 valence electrons. The SMILES string of the molecule is CC(CC(=O)NC1CCCNC1=O)C1CCCNC1. The lowest BCUT2D eigenvalue weighted by Gasteiger charge is -2.29. The van der Waals surface area contributed by atoms with Crippen molar-refractivity contribution in [2.45, 2.75) is 45.1 Å². The number of rotatable bonds is 4. The molecular weight excluding hydrogens is 242 g/mol.